The van der Waals surface area contributed by atoms with E-state index in [0.717, 1.165) is 31.7 Å². The zero-order chi connectivity index (χ0) is 15.0. The smallest absolute Gasteiger partial charge is 0.145 e. The molecule has 1 aromatic rings. The fourth-order valence-corrected chi connectivity index (χ4v) is 3.67. The van der Waals surface area contributed by atoms with E-state index in [2.05, 4.69) is 18.7 Å². The maximum atomic E-state index is 6.31. The van der Waals surface area contributed by atoms with Crippen LogP contribution in [0, 0.1) is 5.92 Å². The molecule has 5 heteroatoms. The molecule has 0 aliphatic carbocycles. The molecule has 2 heterocycles. The predicted octanol–water partition coefficient (Wildman–Crippen LogP) is 4.17. The van der Waals surface area contributed by atoms with Crippen LogP contribution in [0.2, 0.25) is 10.0 Å². The first-order chi connectivity index (χ1) is 10.1. The number of morpholine rings is 1. The van der Waals surface area contributed by atoms with Crippen molar-refractivity contribution in [2.45, 2.75) is 32.4 Å². The fraction of sp³-hybridized carbons (Fsp3) is 0.625. The monoisotopic (exact) mass is 329 g/mol. The molecule has 1 aromatic carbocycles. The van der Waals surface area contributed by atoms with Gasteiger partial charge in [0.15, 0.2) is 0 Å². The van der Waals surface area contributed by atoms with Crippen molar-refractivity contribution in [3.8, 4) is 5.75 Å². The van der Waals surface area contributed by atoms with Gasteiger partial charge in [0.25, 0.3) is 0 Å². The van der Waals surface area contributed by atoms with Crippen LogP contribution in [0.5, 0.6) is 5.75 Å². The average molecular weight is 330 g/mol. The Morgan fingerprint density at radius 1 is 1.29 bits per heavy atom. The van der Waals surface area contributed by atoms with Crippen molar-refractivity contribution in [1.82, 2.24) is 4.90 Å². The third-order valence-electron chi connectivity index (χ3n) is 4.14. The van der Waals surface area contributed by atoms with Gasteiger partial charge in [-0.1, -0.05) is 43.1 Å². The van der Waals surface area contributed by atoms with Crippen molar-refractivity contribution in [3.63, 3.8) is 0 Å². The minimum atomic E-state index is 0.0183. The van der Waals surface area contributed by atoms with Crippen LogP contribution in [0.15, 0.2) is 12.1 Å². The molecular weight excluding hydrogens is 309 g/mol. The molecule has 21 heavy (non-hydrogen) atoms. The Bertz CT molecular complexity index is 521. The molecule has 3 rings (SSSR count). The van der Waals surface area contributed by atoms with Gasteiger partial charge in [0.1, 0.15) is 16.9 Å². The first kappa shape index (κ1) is 15.4. The van der Waals surface area contributed by atoms with Crippen LogP contribution in [0.1, 0.15) is 31.9 Å². The van der Waals surface area contributed by atoms with Crippen molar-refractivity contribution in [2.24, 2.45) is 5.92 Å². The first-order valence-corrected chi connectivity index (χ1v) is 8.30. The van der Waals surface area contributed by atoms with E-state index in [1.807, 2.05) is 12.1 Å². The summed E-state index contributed by atoms with van der Waals surface area (Å²) in [5.74, 6) is 1.34. The molecule has 0 aromatic heterocycles. The zero-order valence-electron chi connectivity index (χ0n) is 12.4. The normalized spacial score (nSPS) is 26.0. The largest absolute Gasteiger partial charge is 0.492 e. The van der Waals surface area contributed by atoms with E-state index in [4.69, 9.17) is 32.7 Å². The molecule has 0 N–H and O–H groups in total. The highest BCUT2D eigenvalue weighted by Gasteiger charge is 2.37. The lowest BCUT2D eigenvalue weighted by atomic mass is 9.96. The van der Waals surface area contributed by atoms with Gasteiger partial charge >= 0.3 is 0 Å². The van der Waals surface area contributed by atoms with Gasteiger partial charge in [0, 0.05) is 24.7 Å². The van der Waals surface area contributed by atoms with Gasteiger partial charge in [-0.2, -0.15) is 0 Å². The Hall–Kier alpha value is -0.480. The summed E-state index contributed by atoms with van der Waals surface area (Å²) in [4.78, 5) is 2.53. The van der Waals surface area contributed by atoms with E-state index in [-0.39, 0.29) is 6.10 Å². The Labute approximate surface area is 136 Å². The van der Waals surface area contributed by atoms with Gasteiger partial charge in [0.05, 0.1) is 18.2 Å². The number of hydrogen-bond acceptors (Lipinski definition) is 3. The highest BCUT2D eigenvalue weighted by molar-refractivity contribution is 6.43. The van der Waals surface area contributed by atoms with Crippen molar-refractivity contribution in [3.05, 3.63) is 27.7 Å². The van der Waals surface area contributed by atoms with Crippen molar-refractivity contribution in [2.75, 3.05) is 26.3 Å². The van der Waals surface area contributed by atoms with E-state index in [1.54, 1.807) is 0 Å². The molecule has 0 amide bonds. The van der Waals surface area contributed by atoms with Gasteiger partial charge < -0.3 is 9.47 Å². The van der Waals surface area contributed by atoms with Crippen LogP contribution in [0.3, 0.4) is 0 Å². The zero-order valence-corrected chi connectivity index (χ0v) is 14.0. The Morgan fingerprint density at radius 3 is 2.86 bits per heavy atom. The van der Waals surface area contributed by atoms with Crippen LogP contribution in [-0.4, -0.2) is 37.2 Å². The molecule has 1 saturated heterocycles. The van der Waals surface area contributed by atoms with Crippen LogP contribution >= 0.6 is 23.2 Å². The number of hydrogen-bond donors (Lipinski definition) is 0. The fourth-order valence-electron chi connectivity index (χ4n) is 3.29. The summed E-state index contributed by atoms with van der Waals surface area (Å²) in [6.07, 6.45) is 0.963. The van der Waals surface area contributed by atoms with Crippen LogP contribution < -0.4 is 4.74 Å². The molecule has 3 nitrogen and oxygen atoms in total. The Balaban J connectivity index is 1.95. The maximum absolute atomic E-state index is 6.31. The van der Waals surface area contributed by atoms with E-state index >= 15 is 0 Å². The lowest BCUT2D eigenvalue weighted by Crippen LogP contribution is -2.48. The number of rotatable bonds is 2. The molecule has 2 unspecified atom stereocenters. The topological polar surface area (TPSA) is 21.7 Å². The highest BCUT2D eigenvalue weighted by atomic mass is 35.5. The van der Waals surface area contributed by atoms with Gasteiger partial charge in [-0.25, -0.2) is 0 Å². The molecule has 116 valence electrons. The molecule has 0 bridgehead atoms. The summed E-state index contributed by atoms with van der Waals surface area (Å²) in [5.41, 5.74) is 1.03. The number of fused-ring (bicyclic) bond motifs is 3. The molecule has 2 aliphatic rings. The maximum Gasteiger partial charge on any atom is 0.145 e. The first-order valence-electron chi connectivity index (χ1n) is 7.54. The van der Waals surface area contributed by atoms with Crippen LogP contribution in [0.4, 0.5) is 0 Å². The summed E-state index contributed by atoms with van der Waals surface area (Å²) in [7, 11) is 0. The van der Waals surface area contributed by atoms with Crippen molar-refractivity contribution >= 4 is 23.2 Å². The number of nitrogens with zero attached hydrogens (tertiary/aromatic N) is 1. The summed E-state index contributed by atoms with van der Waals surface area (Å²) >= 11 is 12.4. The average Bonchev–Trinajstić information content (AvgIpc) is 2.63. The SMILES string of the molecule is CC(C)CN1CCOC2c3ccc(Cl)c(Cl)c3OCCC21. The van der Waals surface area contributed by atoms with Gasteiger partial charge in [-0.05, 0) is 18.4 Å². The third kappa shape index (κ3) is 3.02. The summed E-state index contributed by atoms with van der Waals surface area (Å²) in [6, 6.07) is 4.17. The minimum absolute atomic E-state index is 0.0183. The molecule has 2 atom stereocenters. The van der Waals surface area contributed by atoms with Crippen molar-refractivity contribution < 1.29 is 9.47 Å². The second-order valence-electron chi connectivity index (χ2n) is 6.16. The molecule has 0 spiro atoms. The number of halogens is 2. The summed E-state index contributed by atoms with van der Waals surface area (Å²) in [5, 5.41) is 1.03. The van der Waals surface area contributed by atoms with E-state index in [9.17, 15) is 0 Å². The molecule has 0 saturated carbocycles. The molecule has 2 aliphatic heterocycles. The van der Waals surface area contributed by atoms with Crippen molar-refractivity contribution in [1.29, 1.82) is 0 Å². The van der Waals surface area contributed by atoms with E-state index < -0.39 is 0 Å². The van der Waals surface area contributed by atoms with E-state index in [1.165, 1.54) is 0 Å². The van der Waals surface area contributed by atoms with E-state index in [0.29, 0.717) is 34.4 Å². The number of ether oxygens (including phenoxy) is 2. The lowest BCUT2D eigenvalue weighted by Gasteiger charge is -2.41. The Kier molecular flexibility index (Phi) is 4.65. The predicted molar refractivity (Wildman–Crippen MR) is 85.5 cm³/mol. The highest BCUT2D eigenvalue weighted by Crippen LogP contribution is 2.44. The van der Waals surface area contributed by atoms with Gasteiger partial charge in [0.2, 0.25) is 0 Å². The summed E-state index contributed by atoms with van der Waals surface area (Å²) in [6.45, 7) is 7.96. The third-order valence-corrected chi connectivity index (χ3v) is 4.93. The second kappa shape index (κ2) is 6.33. The Morgan fingerprint density at radius 2 is 2.10 bits per heavy atom. The minimum Gasteiger partial charge on any atom is -0.492 e. The second-order valence-corrected chi connectivity index (χ2v) is 6.95. The van der Waals surface area contributed by atoms with Crippen LogP contribution in [-0.2, 0) is 4.74 Å². The lowest BCUT2D eigenvalue weighted by molar-refractivity contribution is -0.0775. The molecular formula is C16H21Cl2NO2. The van der Waals surface area contributed by atoms with Gasteiger partial charge in [-0.3, -0.25) is 4.90 Å². The molecule has 0 radical (unpaired) electrons. The quantitative estimate of drug-likeness (QED) is 0.812. The summed E-state index contributed by atoms with van der Waals surface area (Å²) < 4.78 is 12.0. The number of benzene rings is 1. The van der Waals surface area contributed by atoms with Gasteiger partial charge in [-0.15, -0.1) is 0 Å². The van der Waals surface area contributed by atoms with Crippen LogP contribution in [0.25, 0.3) is 0 Å². The molecule has 1 fully saturated rings. The standard InChI is InChI=1S/C16H21Cl2NO2/c1-10(2)9-19-6-8-21-15-11-3-4-12(17)14(18)16(11)20-7-5-13(15)19/h3-4,10,13,15H,5-9H2,1-2H3.